The molecule has 3 heterocycles. The van der Waals surface area contributed by atoms with E-state index in [1.54, 1.807) is 23.7 Å². The third-order valence-electron chi connectivity index (χ3n) is 4.34. The minimum absolute atomic E-state index is 0.346. The third-order valence-corrected chi connectivity index (χ3v) is 6.11. The molecular formula is C20H11N3O2S2. The highest BCUT2D eigenvalue weighted by Gasteiger charge is 2.25. The number of imide groups is 1. The van der Waals surface area contributed by atoms with Gasteiger partial charge in [-0.15, -0.1) is 11.3 Å². The zero-order chi connectivity index (χ0) is 18.4. The van der Waals surface area contributed by atoms with Gasteiger partial charge in [0.25, 0.3) is 11.1 Å². The molecule has 0 unspecified atom stereocenters. The molecule has 7 heteroatoms. The van der Waals surface area contributed by atoms with Crippen LogP contribution in [0.1, 0.15) is 5.56 Å². The Labute approximate surface area is 162 Å². The van der Waals surface area contributed by atoms with E-state index in [9.17, 15) is 9.59 Å². The lowest BCUT2D eigenvalue weighted by atomic mass is 10.0. The third kappa shape index (κ3) is 2.81. The van der Waals surface area contributed by atoms with Crippen LogP contribution in [-0.2, 0) is 4.79 Å². The second kappa shape index (κ2) is 6.29. The van der Waals surface area contributed by atoms with Crippen molar-refractivity contribution in [3.63, 3.8) is 0 Å². The lowest BCUT2D eigenvalue weighted by molar-refractivity contribution is -0.115. The summed E-state index contributed by atoms with van der Waals surface area (Å²) in [5.74, 6) is -0.363. The van der Waals surface area contributed by atoms with Crippen molar-refractivity contribution in [2.24, 2.45) is 0 Å². The van der Waals surface area contributed by atoms with Crippen molar-refractivity contribution in [3.05, 3.63) is 64.6 Å². The van der Waals surface area contributed by atoms with E-state index in [1.165, 1.54) is 4.70 Å². The Bertz CT molecular complexity index is 1280. The number of benzene rings is 2. The fourth-order valence-electron chi connectivity index (χ4n) is 3.11. The lowest BCUT2D eigenvalue weighted by Gasteiger charge is -2.06. The first-order valence-corrected chi connectivity index (χ1v) is 9.85. The van der Waals surface area contributed by atoms with Crippen LogP contribution in [0.4, 0.5) is 4.79 Å². The standard InChI is InChI=1S/C20H11N3O2S2/c24-19-17(27-20(25)23-19)8-11-5-6-15-13(7-11)18(22-10-21-15)14-9-26-16-4-2-1-3-12(14)16/h1-10H,(H,23,24,25)/b17-8+. The number of carbonyl (C=O) groups is 2. The van der Waals surface area contributed by atoms with Gasteiger partial charge in [0.1, 0.15) is 6.33 Å². The Kier molecular flexibility index (Phi) is 3.77. The minimum Gasteiger partial charge on any atom is -0.282 e. The molecule has 0 radical (unpaired) electrons. The summed E-state index contributed by atoms with van der Waals surface area (Å²) in [6, 6.07) is 14.0. The van der Waals surface area contributed by atoms with E-state index >= 15 is 0 Å². The highest BCUT2D eigenvalue weighted by Crippen LogP contribution is 2.36. The number of nitrogens with zero attached hydrogens (tertiary/aromatic N) is 2. The maximum atomic E-state index is 11.8. The number of hydrogen-bond acceptors (Lipinski definition) is 6. The molecule has 5 nitrogen and oxygen atoms in total. The molecule has 27 heavy (non-hydrogen) atoms. The molecular weight excluding hydrogens is 378 g/mol. The maximum absolute atomic E-state index is 11.8. The fraction of sp³-hybridized carbons (Fsp3) is 0. The highest BCUT2D eigenvalue weighted by atomic mass is 32.2. The van der Waals surface area contributed by atoms with Gasteiger partial charge in [0.2, 0.25) is 0 Å². The van der Waals surface area contributed by atoms with Gasteiger partial charge in [0.05, 0.1) is 16.1 Å². The number of nitrogens with one attached hydrogen (secondary N) is 1. The Morgan fingerprint density at radius 3 is 2.74 bits per heavy atom. The molecule has 4 aromatic rings. The van der Waals surface area contributed by atoms with Crippen molar-refractivity contribution in [2.75, 3.05) is 0 Å². The maximum Gasteiger partial charge on any atom is 0.290 e. The van der Waals surface area contributed by atoms with Gasteiger partial charge in [-0.2, -0.15) is 0 Å². The average molecular weight is 389 g/mol. The quantitative estimate of drug-likeness (QED) is 0.497. The molecule has 130 valence electrons. The molecule has 1 saturated heterocycles. The van der Waals surface area contributed by atoms with Crippen LogP contribution in [0.25, 0.3) is 38.3 Å². The Morgan fingerprint density at radius 1 is 1.00 bits per heavy atom. The van der Waals surface area contributed by atoms with Gasteiger partial charge in [-0.25, -0.2) is 9.97 Å². The first kappa shape index (κ1) is 16.2. The number of fused-ring (bicyclic) bond motifs is 2. The fourth-order valence-corrected chi connectivity index (χ4v) is 4.74. The number of thioether (sulfide) groups is 1. The summed E-state index contributed by atoms with van der Waals surface area (Å²) < 4.78 is 1.20. The monoisotopic (exact) mass is 389 g/mol. The van der Waals surface area contributed by atoms with E-state index in [2.05, 4.69) is 32.8 Å². The minimum atomic E-state index is -0.363. The van der Waals surface area contributed by atoms with Crippen LogP contribution in [0.3, 0.4) is 0 Å². The van der Waals surface area contributed by atoms with Crippen LogP contribution < -0.4 is 5.32 Å². The molecule has 5 rings (SSSR count). The van der Waals surface area contributed by atoms with Crippen molar-refractivity contribution in [1.82, 2.24) is 15.3 Å². The molecule has 1 aliphatic heterocycles. The summed E-state index contributed by atoms with van der Waals surface area (Å²) >= 11 is 2.59. The molecule has 1 N–H and O–H groups in total. The van der Waals surface area contributed by atoms with Crippen LogP contribution in [0.5, 0.6) is 0 Å². The van der Waals surface area contributed by atoms with Gasteiger partial charge in [-0.1, -0.05) is 24.3 Å². The molecule has 0 spiro atoms. The van der Waals surface area contributed by atoms with Crippen molar-refractivity contribution in [2.45, 2.75) is 0 Å². The summed E-state index contributed by atoms with van der Waals surface area (Å²) in [7, 11) is 0. The van der Waals surface area contributed by atoms with E-state index in [0.717, 1.165) is 44.9 Å². The van der Waals surface area contributed by atoms with Gasteiger partial charge in [-0.05, 0) is 41.6 Å². The molecule has 2 aromatic carbocycles. The van der Waals surface area contributed by atoms with E-state index < -0.39 is 0 Å². The Hall–Kier alpha value is -3.03. The second-order valence-electron chi connectivity index (χ2n) is 6.00. The van der Waals surface area contributed by atoms with Crippen molar-refractivity contribution in [3.8, 4) is 11.3 Å². The van der Waals surface area contributed by atoms with Crippen LogP contribution in [0.2, 0.25) is 0 Å². The Balaban J connectivity index is 1.69. The molecule has 0 bridgehead atoms. The van der Waals surface area contributed by atoms with Gasteiger partial charge < -0.3 is 0 Å². The van der Waals surface area contributed by atoms with Gasteiger partial charge >= 0.3 is 0 Å². The predicted octanol–water partition coefficient (Wildman–Crippen LogP) is 4.84. The van der Waals surface area contributed by atoms with E-state index in [4.69, 9.17) is 0 Å². The van der Waals surface area contributed by atoms with Crippen molar-refractivity contribution in [1.29, 1.82) is 0 Å². The summed E-state index contributed by atoms with van der Waals surface area (Å²) in [5.41, 5.74) is 3.58. The molecule has 0 saturated carbocycles. The summed E-state index contributed by atoms with van der Waals surface area (Å²) in [5, 5.41) is 6.10. The largest absolute Gasteiger partial charge is 0.290 e. The van der Waals surface area contributed by atoms with Crippen LogP contribution in [0.15, 0.2) is 59.1 Å². The summed E-state index contributed by atoms with van der Waals surface area (Å²) in [4.78, 5) is 32.5. The van der Waals surface area contributed by atoms with E-state index in [-0.39, 0.29) is 11.1 Å². The normalized spacial score (nSPS) is 15.8. The van der Waals surface area contributed by atoms with Gasteiger partial charge in [0.15, 0.2) is 0 Å². The first-order valence-electron chi connectivity index (χ1n) is 8.15. The first-order chi connectivity index (χ1) is 13.2. The number of amides is 2. The van der Waals surface area contributed by atoms with E-state index in [1.807, 2.05) is 30.3 Å². The zero-order valence-electron chi connectivity index (χ0n) is 13.8. The van der Waals surface area contributed by atoms with Gasteiger partial charge in [0, 0.05) is 26.4 Å². The second-order valence-corrected chi connectivity index (χ2v) is 7.92. The molecule has 0 atom stereocenters. The van der Waals surface area contributed by atoms with E-state index in [0.29, 0.717) is 4.91 Å². The zero-order valence-corrected chi connectivity index (χ0v) is 15.4. The van der Waals surface area contributed by atoms with Crippen molar-refractivity contribution >= 4 is 61.3 Å². The topological polar surface area (TPSA) is 72.0 Å². The summed E-state index contributed by atoms with van der Waals surface area (Å²) in [6.07, 6.45) is 3.29. The molecule has 1 fully saturated rings. The smallest absolute Gasteiger partial charge is 0.282 e. The van der Waals surface area contributed by atoms with Crippen LogP contribution in [-0.4, -0.2) is 21.1 Å². The number of carbonyl (C=O) groups excluding carboxylic acids is 2. The van der Waals surface area contributed by atoms with Crippen molar-refractivity contribution < 1.29 is 9.59 Å². The molecule has 2 amide bonds. The number of rotatable bonds is 2. The van der Waals surface area contributed by atoms with Crippen LogP contribution >= 0.6 is 23.1 Å². The number of hydrogen-bond donors (Lipinski definition) is 1. The Morgan fingerprint density at radius 2 is 1.89 bits per heavy atom. The summed E-state index contributed by atoms with van der Waals surface area (Å²) in [6.45, 7) is 0. The molecule has 2 aromatic heterocycles. The average Bonchev–Trinajstić information content (AvgIpc) is 3.24. The molecule has 0 aliphatic carbocycles. The number of aromatic nitrogens is 2. The molecule has 1 aliphatic rings. The van der Waals surface area contributed by atoms with Crippen LogP contribution in [0, 0.1) is 0 Å². The number of thiophene rings is 1. The SMILES string of the molecule is O=C1NC(=O)/C(=C\c2ccc3ncnc(-c4csc5ccccc45)c3c2)S1. The lowest BCUT2D eigenvalue weighted by Crippen LogP contribution is -2.17. The predicted molar refractivity (Wildman–Crippen MR) is 109 cm³/mol. The highest BCUT2D eigenvalue weighted by molar-refractivity contribution is 8.18. The van der Waals surface area contributed by atoms with Gasteiger partial charge in [-0.3, -0.25) is 14.9 Å².